The van der Waals surface area contributed by atoms with Crippen LogP contribution in [0.1, 0.15) is 18.9 Å². The fourth-order valence-electron chi connectivity index (χ4n) is 1.86. The van der Waals surface area contributed by atoms with Gasteiger partial charge in [0, 0.05) is 0 Å². The first kappa shape index (κ1) is 11.7. The highest BCUT2D eigenvalue weighted by Crippen LogP contribution is 2.29. The number of ketones is 1. The molecule has 1 heterocycles. The molecule has 2 rings (SSSR count). The van der Waals surface area contributed by atoms with Crippen LogP contribution in [0.2, 0.25) is 0 Å². The minimum atomic E-state index is -0.777. The van der Waals surface area contributed by atoms with Gasteiger partial charge in [0.2, 0.25) is 5.78 Å². The third kappa shape index (κ3) is 2.49. The first-order valence-electron chi connectivity index (χ1n) is 5.67. The zero-order chi connectivity index (χ0) is 12.3. The van der Waals surface area contributed by atoms with E-state index >= 15 is 0 Å². The second-order valence-electron chi connectivity index (χ2n) is 4.35. The van der Waals surface area contributed by atoms with Gasteiger partial charge in [-0.1, -0.05) is 30.3 Å². The summed E-state index contributed by atoms with van der Waals surface area (Å²) < 4.78 is 10.5. The van der Waals surface area contributed by atoms with Crippen LogP contribution in [0, 0.1) is 0 Å². The van der Waals surface area contributed by atoms with Gasteiger partial charge in [-0.15, -0.1) is 0 Å². The van der Waals surface area contributed by atoms with E-state index in [4.69, 9.17) is 9.47 Å². The third-order valence-corrected chi connectivity index (χ3v) is 3.03. The summed E-state index contributed by atoms with van der Waals surface area (Å²) in [6.07, 6.45) is 2.89. The van der Waals surface area contributed by atoms with E-state index in [1.165, 1.54) is 18.7 Å². The summed E-state index contributed by atoms with van der Waals surface area (Å²) in [5, 5.41) is 0. The zero-order valence-electron chi connectivity index (χ0n) is 10.1. The van der Waals surface area contributed by atoms with E-state index < -0.39 is 5.60 Å². The minimum absolute atomic E-state index is 0.0229. The number of benzene rings is 1. The molecule has 90 valence electrons. The minimum Gasteiger partial charge on any atom is -0.469 e. The number of aryl methyl sites for hydroxylation is 1. The van der Waals surface area contributed by atoms with E-state index in [1.54, 1.807) is 6.92 Å². The Morgan fingerprint density at radius 1 is 1.29 bits per heavy atom. The van der Waals surface area contributed by atoms with Crippen molar-refractivity contribution < 1.29 is 14.3 Å². The van der Waals surface area contributed by atoms with Crippen LogP contribution < -0.4 is 0 Å². The van der Waals surface area contributed by atoms with Gasteiger partial charge in [-0.05, 0) is 25.3 Å². The Morgan fingerprint density at radius 3 is 2.59 bits per heavy atom. The summed E-state index contributed by atoms with van der Waals surface area (Å²) in [6.45, 7) is 1.81. The molecule has 1 aromatic rings. The zero-order valence-corrected chi connectivity index (χ0v) is 10.1. The number of methoxy groups -OCH3 is 1. The molecule has 1 atom stereocenters. The van der Waals surface area contributed by atoms with Crippen LogP contribution in [0.25, 0.3) is 0 Å². The number of ether oxygens (including phenoxy) is 2. The molecule has 1 aliphatic rings. The lowest BCUT2D eigenvalue weighted by molar-refractivity contribution is -0.132. The quantitative estimate of drug-likeness (QED) is 0.800. The Balaban J connectivity index is 1.98. The van der Waals surface area contributed by atoms with E-state index in [1.807, 2.05) is 30.3 Å². The average molecular weight is 232 g/mol. The van der Waals surface area contributed by atoms with E-state index in [2.05, 4.69) is 0 Å². The predicted octanol–water partition coefficient (Wildman–Crippen LogP) is 2.47. The number of rotatable bonds is 4. The third-order valence-electron chi connectivity index (χ3n) is 3.03. The Kier molecular flexibility index (Phi) is 3.18. The molecule has 1 aromatic carbocycles. The smallest absolute Gasteiger partial charge is 0.283 e. The standard InChI is InChI=1S/C14H16O3/c1-14(12(15)10-13(16-2)17-14)9-8-11-6-4-3-5-7-11/h3-7,10H,8-9H2,1-2H3. The van der Waals surface area contributed by atoms with Crippen molar-refractivity contribution in [1.82, 2.24) is 0 Å². The highest BCUT2D eigenvalue weighted by atomic mass is 16.7. The summed E-state index contributed by atoms with van der Waals surface area (Å²) in [5.74, 6) is 0.288. The molecule has 1 aliphatic heterocycles. The van der Waals surface area contributed by atoms with Crippen molar-refractivity contribution in [2.75, 3.05) is 7.11 Å². The van der Waals surface area contributed by atoms with E-state index in [0.717, 1.165) is 6.42 Å². The molecule has 0 saturated carbocycles. The molecule has 0 bridgehead atoms. The van der Waals surface area contributed by atoms with Crippen molar-refractivity contribution in [2.24, 2.45) is 0 Å². The molecule has 0 N–H and O–H groups in total. The summed E-state index contributed by atoms with van der Waals surface area (Å²) in [5.41, 5.74) is 0.428. The van der Waals surface area contributed by atoms with E-state index in [-0.39, 0.29) is 5.78 Å². The average Bonchev–Trinajstić information content (AvgIpc) is 2.65. The van der Waals surface area contributed by atoms with Crippen molar-refractivity contribution in [1.29, 1.82) is 0 Å². The molecular formula is C14H16O3. The van der Waals surface area contributed by atoms with Gasteiger partial charge >= 0.3 is 0 Å². The molecule has 3 nitrogen and oxygen atoms in total. The Morgan fingerprint density at radius 2 is 2.00 bits per heavy atom. The Bertz CT molecular complexity index is 436. The van der Waals surface area contributed by atoms with Gasteiger partial charge in [0.25, 0.3) is 5.95 Å². The molecule has 3 heteroatoms. The number of hydrogen-bond donors (Lipinski definition) is 0. The number of hydrogen-bond acceptors (Lipinski definition) is 3. The SMILES string of the molecule is COC1=CC(=O)C(C)(CCc2ccccc2)O1. The highest BCUT2D eigenvalue weighted by Gasteiger charge is 2.40. The topological polar surface area (TPSA) is 35.5 Å². The van der Waals surface area contributed by atoms with Crippen molar-refractivity contribution in [3.05, 3.63) is 47.9 Å². The van der Waals surface area contributed by atoms with Gasteiger partial charge in [0.15, 0.2) is 5.60 Å². The molecule has 0 spiro atoms. The summed E-state index contributed by atoms with van der Waals surface area (Å²) in [7, 11) is 1.50. The normalized spacial score (nSPS) is 23.2. The first-order valence-corrected chi connectivity index (χ1v) is 5.67. The second kappa shape index (κ2) is 4.62. The maximum Gasteiger partial charge on any atom is 0.283 e. The molecule has 0 amide bonds. The van der Waals surface area contributed by atoms with Gasteiger partial charge < -0.3 is 9.47 Å². The van der Waals surface area contributed by atoms with Crippen LogP contribution in [0.3, 0.4) is 0 Å². The monoisotopic (exact) mass is 232 g/mol. The Labute approximate surface area is 101 Å². The molecule has 17 heavy (non-hydrogen) atoms. The molecular weight excluding hydrogens is 216 g/mol. The van der Waals surface area contributed by atoms with Crippen LogP contribution in [0.15, 0.2) is 42.4 Å². The lowest BCUT2D eigenvalue weighted by Gasteiger charge is -2.22. The van der Waals surface area contributed by atoms with Crippen LogP contribution in [0.4, 0.5) is 0 Å². The molecule has 0 saturated heterocycles. The van der Waals surface area contributed by atoms with E-state index in [9.17, 15) is 4.79 Å². The fraction of sp³-hybridized carbons (Fsp3) is 0.357. The molecule has 0 aliphatic carbocycles. The van der Waals surface area contributed by atoms with Crippen molar-refractivity contribution >= 4 is 5.78 Å². The van der Waals surface area contributed by atoms with Gasteiger partial charge in [-0.2, -0.15) is 0 Å². The number of carbonyl (C=O) groups is 1. The van der Waals surface area contributed by atoms with E-state index in [0.29, 0.717) is 12.4 Å². The molecule has 0 radical (unpaired) electrons. The van der Waals surface area contributed by atoms with Gasteiger partial charge in [0.1, 0.15) is 0 Å². The maximum atomic E-state index is 11.8. The van der Waals surface area contributed by atoms with Crippen LogP contribution in [-0.4, -0.2) is 18.5 Å². The molecule has 0 fully saturated rings. The fourth-order valence-corrected chi connectivity index (χ4v) is 1.86. The molecule has 1 unspecified atom stereocenters. The van der Waals surface area contributed by atoms with Crippen LogP contribution in [0.5, 0.6) is 0 Å². The van der Waals surface area contributed by atoms with Gasteiger partial charge in [-0.3, -0.25) is 4.79 Å². The predicted molar refractivity (Wildman–Crippen MR) is 64.4 cm³/mol. The summed E-state index contributed by atoms with van der Waals surface area (Å²) in [4.78, 5) is 11.8. The molecule has 0 aromatic heterocycles. The Hall–Kier alpha value is -1.77. The summed E-state index contributed by atoms with van der Waals surface area (Å²) >= 11 is 0. The maximum absolute atomic E-state index is 11.8. The first-order chi connectivity index (χ1) is 8.14. The number of carbonyl (C=O) groups excluding carboxylic acids is 1. The highest BCUT2D eigenvalue weighted by molar-refractivity contribution is 5.98. The van der Waals surface area contributed by atoms with Gasteiger partial charge in [0.05, 0.1) is 13.2 Å². The van der Waals surface area contributed by atoms with Crippen molar-refractivity contribution in [2.45, 2.75) is 25.4 Å². The lowest BCUT2D eigenvalue weighted by Crippen LogP contribution is -2.33. The largest absolute Gasteiger partial charge is 0.469 e. The van der Waals surface area contributed by atoms with Crippen molar-refractivity contribution in [3.63, 3.8) is 0 Å². The van der Waals surface area contributed by atoms with Crippen molar-refractivity contribution in [3.8, 4) is 0 Å². The van der Waals surface area contributed by atoms with Gasteiger partial charge in [-0.25, -0.2) is 0 Å². The van der Waals surface area contributed by atoms with Crippen LogP contribution in [-0.2, 0) is 20.7 Å². The summed E-state index contributed by atoms with van der Waals surface area (Å²) in [6, 6.07) is 10.1. The second-order valence-corrected chi connectivity index (χ2v) is 4.35. The lowest BCUT2D eigenvalue weighted by atomic mass is 9.93. The van der Waals surface area contributed by atoms with Crippen LogP contribution >= 0.6 is 0 Å².